The van der Waals surface area contributed by atoms with Crippen molar-refractivity contribution < 1.29 is 18.7 Å². The van der Waals surface area contributed by atoms with E-state index in [-0.39, 0.29) is 19.4 Å². The minimum absolute atomic E-state index is 0.0267. The molecule has 1 aliphatic heterocycles. The predicted octanol–water partition coefficient (Wildman–Crippen LogP) is 2.02. The van der Waals surface area contributed by atoms with Crippen LogP contribution in [-0.4, -0.2) is 47.6 Å². The number of likely N-dealkylation sites (N-methyl/N-ethyl adjacent to an activating group) is 1. The molecule has 120 valence electrons. The summed E-state index contributed by atoms with van der Waals surface area (Å²) in [6.07, 6.45) is 0.473. The van der Waals surface area contributed by atoms with Gasteiger partial charge in [-0.2, -0.15) is 8.78 Å². The second kappa shape index (κ2) is 5.28. The number of alkyl halides is 2. The number of nitrogens with zero attached hydrogens (tertiary/aromatic N) is 2. The first-order valence-corrected chi connectivity index (χ1v) is 7.54. The fourth-order valence-corrected chi connectivity index (χ4v) is 3.07. The molecular formula is C16H20F2N2O2. The molecule has 22 heavy (non-hydrogen) atoms. The van der Waals surface area contributed by atoms with E-state index in [1.165, 1.54) is 0 Å². The predicted molar refractivity (Wildman–Crippen MR) is 78.9 cm³/mol. The quantitative estimate of drug-likeness (QED) is 0.909. The third kappa shape index (κ3) is 2.30. The summed E-state index contributed by atoms with van der Waals surface area (Å²) in [5.41, 5.74) is -0.830. The van der Waals surface area contributed by atoms with Crippen LogP contribution >= 0.6 is 0 Å². The van der Waals surface area contributed by atoms with Gasteiger partial charge in [0.05, 0.1) is 0 Å². The third-order valence-corrected chi connectivity index (χ3v) is 4.71. The SMILES string of the molecule is CN1CCN(C(=O)C(F)(F)C2(O)CCC2)c2ccccc2C1. The number of rotatable bonds is 2. The monoisotopic (exact) mass is 310 g/mol. The Labute approximate surface area is 128 Å². The van der Waals surface area contributed by atoms with Crippen LogP contribution in [0, 0.1) is 0 Å². The van der Waals surface area contributed by atoms with Gasteiger partial charge in [0, 0.05) is 25.3 Å². The first kappa shape index (κ1) is 15.4. The van der Waals surface area contributed by atoms with Gasteiger partial charge in [0.1, 0.15) is 5.60 Å². The molecule has 1 aromatic carbocycles. The zero-order chi connectivity index (χ0) is 16.0. The number of amides is 1. The summed E-state index contributed by atoms with van der Waals surface area (Å²) >= 11 is 0. The molecule has 0 bridgehead atoms. The summed E-state index contributed by atoms with van der Waals surface area (Å²) in [6.45, 7) is 1.31. The number of anilines is 1. The fraction of sp³-hybridized carbons (Fsp3) is 0.562. The number of carbonyl (C=O) groups is 1. The van der Waals surface area contributed by atoms with Gasteiger partial charge in [0.15, 0.2) is 0 Å². The largest absolute Gasteiger partial charge is 0.383 e. The van der Waals surface area contributed by atoms with Gasteiger partial charge in [0.2, 0.25) is 0 Å². The highest BCUT2D eigenvalue weighted by Gasteiger charge is 2.62. The van der Waals surface area contributed by atoms with Gasteiger partial charge < -0.3 is 14.9 Å². The van der Waals surface area contributed by atoms with Crippen LogP contribution in [0.15, 0.2) is 24.3 Å². The van der Waals surface area contributed by atoms with E-state index in [9.17, 15) is 18.7 Å². The summed E-state index contributed by atoms with van der Waals surface area (Å²) in [6, 6.07) is 7.10. The van der Waals surface area contributed by atoms with Crippen molar-refractivity contribution in [2.45, 2.75) is 37.3 Å². The lowest BCUT2D eigenvalue weighted by Crippen LogP contribution is -2.61. The summed E-state index contributed by atoms with van der Waals surface area (Å²) in [4.78, 5) is 15.6. The molecule has 0 unspecified atom stereocenters. The number of halogens is 2. The lowest BCUT2D eigenvalue weighted by molar-refractivity contribution is -0.213. The van der Waals surface area contributed by atoms with Crippen LogP contribution in [0.3, 0.4) is 0 Å². The van der Waals surface area contributed by atoms with Crippen LogP contribution in [-0.2, 0) is 11.3 Å². The summed E-state index contributed by atoms with van der Waals surface area (Å²) in [5.74, 6) is -5.04. The van der Waals surface area contributed by atoms with Crippen molar-refractivity contribution in [3.8, 4) is 0 Å². The van der Waals surface area contributed by atoms with Crippen molar-refractivity contribution in [3.63, 3.8) is 0 Å². The maximum atomic E-state index is 14.5. The molecule has 0 atom stereocenters. The van der Waals surface area contributed by atoms with Crippen LogP contribution in [0.2, 0.25) is 0 Å². The average molecular weight is 310 g/mol. The Morgan fingerprint density at radius 2 is 1.95 bits per heavy atom. The van der Waals surface area contributed by atoms with E-state index in [1.807, 2.05) is 24.1 Å². The Bertz CT molecular complexity index is 587. The van der Waals surface area contributed by atoms with Crippen LogP contribution < -0.4 is 4.90 Å². The minimum atomic E-state index is -3.75. The Hall–Kier alpha value is -1.53. The van der Waals surface area contributed by atoms with Gasteiger partial charge >= 0.3 is 11.8 Å². The highest BCUT2D eigenvalue weighted by molar-refractivity contribution is 6.00. The van der Waals surface area contributed by atoms with Crippen LogP contribution in [0.4, 0.5) is 14.5 Å². The second-order valence-electron chi connectivity index (χ2n) is 6.28. The van der Waals surface area contributed by atoms with E-state index < -0.39 is 17.4 Å². The van der Waals surface area contributed by atoms with Gasteiger partial charge in [0.25, 0.3) is 0 Å². The van der Waals surface area contributed by atoms with Crippen LogP contribution in [0.1, 0.15) is 24.8 Å². The maximum absolute atomic E-state index is 14.5. The molecule has 1 fully saturated rings. The van der Waals surface area contributed by atoms with Crippen molar-refractivity contribution >= 4 is 11.6 Å². The van der Waals surface area contributed by atoms with Crippen LogP contribution in [0.5, 0.6) is 0 Å². The molecule has 0 saturated heterocycles. The number of benzene rings is 1. The number of para-hydroxylation sites is 1. The minimum Gasteiger partial charge on any atom is -0.383 e. The lowest BCUT2D eigenvalue weighted by atomic mass is 9.75. The topological polar surface area (TPSA) is 43.8 Å². The lowest BCUT2D eigenvalue weighted by Gasteiger charge is -2.43. The highest BCUT2D eigenvalue weighted by Crippen LogP contribution is 2.45. The van der Waals surface area contributed by atoms with Crippen molar-refractivity contribution in [2.24, 2.45) is 0 Å². The van der Waals surface area contributed by atoms with Crippen molar-refractivity contribution in [2.75, 3.05) is 25.0 Å². The molecule has 0 aromatic heterocycles. The molecule has 6 heteroatoms. The van der Waals surface area contributed by atoms with E-state index in [0.717, 1.165) is 10.5 Å². The molecule has 0 spiro atoms. The molecule has 0 radical (unpaired) electrons. The molecule has 1 N–H and O–H groups in total. The molecule has 1 aromatic rings. The van der Waals surface area contributed by atoms with Gasteiger partial charge in [-0.05, 0) is 37.9 Å². The number of hydrogen-bond acceptors (Lipinski definition) is 3. The van der Waals surface area contributed by atoms with Crippen molar-refractivity contribution in [1.82, 2.24) is 4.90 Å². The molecule has 3 rings (SSSR count). The van der Waals surface area contributed by atoms with Gasteiger partial charge in [-0.3, -0.25) is 4.79 Å². The molecule has 1 amide bonds. The molecule has 4 nitrogen and oxygen atoms in total. The maximum Gasteiger partial charge on any atom is 0.352 e. The Morgan fingerprint density at radius 1 is 1.27 bits per heavy atom. The number of hydrogen-bond donors (Lipinski definition) is 1. The Morgan fingerprint density at radius 3 is 2.59 bits per heavy atom. The average Bonchev–Trinajstić information content (AvgIpc) is 2.62. The zero-order valence-electron chi connectivity index (χ0n) is 12.6. The number of aliphatic hydroxyl groups is 1. The van der Waals surface area contributed by atoms with E-state index in [2.05, 4.69) is 0 Å². The summed E-state index contributed by atoms with van der Waals surface area (Å²) in [5, 5.41) is 10.0. The molecule has 1 heterocycles. The summed E-state index contributed by atoms with van der Waals surface area (Å²) in [7, 11) is 1.89. The van der Waals surface area contributed by atoms with Crippen molar-refractivity contribution in [3.05, 3.63) is 29.8 Å². The highest BCUT2D eigenvalue weighted by atomic mass is 19.3. The van der Waals surface area contributed by atoms with Gasteiger partial charge in [-0.15, -0.1) is 0 Å². The summed E-state index contributed by atoms with van der Waals surface area (Å²) < 4.78 is 29.0. The number of fused-ring (bicyclic) bond motifs is 1. The van der Waals surface area contributed by atoms with Gasteiger partial charge in [-0.1, -0.05) is 18.2 Å². The van der Waals surface area contributed by atoms with E-state index in [1.54, 1.807) is 12.1 Å². The van der Waals surface area contributed by atoms with E-state index in [0.29, 0.717) is 25.2 Å². The molecule has 2 aliphatic rings. The first-order chi connectivity index (χ1) is 10.3. The Kier molecular flexibility index (Phi) is 3.69. The molecule has 1 aliphatic carbocycles. The van der Waals surface area contributed by atoms with Gasteiger partial charge in [-0.25, -0.2) is 0 Å². The van der Waals surface area contributed by atoms with Crippen molar-refractivity contribution in [1.29, 1.82) is 0 Å². The number of carbonyl (C=O) groups excluding carboxylic acids is 1. The molecular weight excluding hydrogens is 290 g/mol. The van der Waals surface area contributed by atoms with E-state index >= 15 is 0 Å². The first-order valence-electron chi connectivity index (χ1n) is 7.54. The van der Waals surface area contributed by atoms with Crippen LogP contribution in [0.25, 0.3) is 0 Å². The zero-order valence-corrected chi connectivity index (χ0v) is 12.6. The fourth-order valence-electron chi connectivity index (χ4n) is 3.07. The third-order valence-electron chi connectivity index (χ3n) is 4.71. The normalized spacial score (nSPS) is 21.7. The molecule has 1 saturated carbocycles. The second-order valence-corrected chi connectivity index (χ2v) is 6.28. The standard InChI is InChI=1S/C16H20F2N2O2/c1-19-9-10-20(13-6-3-2-5-12(13)11-19)14(21)16(17,18)15(22)7-4-8-15/h2-3,5-6,22H,4,7-11H2,1H3. The Balaban J connectivity index is 1.95. The smallest absolute Gasteiger partial charge is 0.352 e. The van der Waals surface area contributed by atoms with E-state index in [4.69, 9.17) is 0 Å².